The quantitative estimate of drug-likeness (QED) is 0.876. The van der Waals surface area contributed by atoms with Crippen molar-refractivity contribution in [3.8, 4) is 0 Å². The fourth-order valence-electron chi connectivity index (χ4n) is 3.45. The van der Waals surface area contributed by atoms with Crippen LogP contribution in [0.5, 0.6) is 0 Å². The molecule has 25 heavy (non-hydrogen) atoms. The average Bonchev–Trinajstić information content (AvgIpc) is 2.95. The highest BCUT2D eigenvalue weighted by Gasteiger charge is 2.19. The highest BCUT2D eigenvalue weighted by molar-refractivity contribution is 5.82. The first-order valence-electron chi connectivity index (χ1n) is 9.21. The molecule has 1 aromatic heterocycles. The van der Waals surface area contributed by atoms with Gasteiger partial charge in [0.15, 0.2) is 0 Å². The Kier molecular flexibility index (Phi) is 5.76. The van der Waals surface area contributed by atoms with Gasteiger partial charge in [0, 0.05) is 49.6 Å². The van der Waals surface area contributed by atoms with E-state index in [9.17, 15) is 4.79 Å². The van der Waals surface area contributed by atoms with Gasteiger partial charge in [0.05, 0.1) is 6.54 Å². The molecule has 0 bridgehead atoms. The molecular formula is C20H29N3O2. The Bertz CT molecular complexity index is 717. The monoisotopic (exact) mass is 343 g/mol. The molecule has 1 atom stereocenters. The fourth-order valence-corrected chi connectivity index (χ4v) is 3.45. The number of piperazine rings is 1. The Morgan fingerprint density at radius 3 is 2.68 bits per heavy atom. The zero-order chi connectivity index (χ0) is 17.8. The number of benzene rings is 1. The maximum absolute atomic E-state index is 12.2. The zero-order valence-electron chi connectivity index (χ0n) is 15.5. The van der Waals surface area contributed by atoms with E-state index in [4.69, 9.17) is 4.42 Å². The number of nitrogens with zero attached hydrogens (tertiary/aromatic N) is 2. The molecule has 1 aliphatic rings. The van der Waals surface area contributed by atoms with Gasteiger partial charge in [-0.25, -0.2) is 0 Å². The van der Waals surface area contributed by atoms with Crippen molar-refractivity contribution in [1.82, 2.24) is 15.1 Å². The number of amides is 1. The summed E-state index contributed by atoms with van der Waals surface area (Å²) in [5.74, 6) is 0.947. The first kappa shape index (κ1) is 18.0. The molecule has 0 radical (unpaired) electrons. The van der Waals surface area contributed by atoms with E-state index >= 15 is 0 Å². The number of para-hydroxylation sites is 1. The smallest absolute Gasteiger partial charge is 0.220 e. The van der Waals surface area contributed by atoms with Gasteiger partial charge in [-0.15, -0.1) is 0 Å². The lowest BCUT2D eigenvalue weighted by molar-refractivity contribution is -0.121. The van der Waals surface area contributed by atoms with Crippen LogP contribution in [0.15, 0.2) is 28.7 Å². The van der Waals surface area contributed by atoms with Crippen LogP contribution in [0.4, 0.5) is 0 Å². The third-order valence-corrected chi connectivity index (χ3v) is 5.34. The van der Waals surface area contributed by atoms with Gasteiger partial charge in [0.25, 0.3) is 0 Å². The van der Waals surface area contributed by atoms with Crippen LogP contribution in [0.3, 0.4) is 0 Å². The SMILES string of the molecule is Cc1c(CNC(=O)CCC(C)N2CCN(C)CC2)oc2ccccc12. The second kappa shape index (κ2) is 8.02. The second-order valence-corrected chi connectivity index (χ2v) is 7.15. The zero-order valence-corrected chi connectivity index (χ0v) is 15.5. The van der Waals surface area contributed by atoms with E-state index < -0.39 is 0 Å². The van der Waals surface area contributed by atoms with Crippen LogP contribution in [-0.2, 0) is 11.3 Å². The number of nitrogens with one attached hydrogen (secondary N) is 1. The summed E-state index contributed by atoms with van der Waals surface area (Å²) in [5, 5.41) is 4.13. The van der Waals surface area contributed by atoms with Crippen LogP contribution >= 0.6 is 0 Å². The predicted octanol–water partition coefficient (Wildman–Crippen LogP) is 2.77. The van der Waals surface area contributed by atoms with E-state index in [1.54, 1.807) is 0 Å². The van der Waals surface area contributed by atoms with Crippen molar-refractivity contribution in [3.63, 3.8) is 0 Å². The van der Waals surface area contributed by atoms with Gasteiger partial charge >= 0.3 is 0 Å². The molecule has 1 amide bonds. The molecule has 1 aromatic carbocycles. The van der Waals surface area contributed by atoms with E-state index in [0.717, 1.165) is 54.9 Å². The lowest BCUT2D eigenvalue weighted by Crippen LogP contribution is -2.48. The average molecular weight is 343 g/mol. The molecule has 0 saturated carbocycles. The van der Waals surface area contributed by atoms with Crippen LogP contribution in [0.1, 0.15) is 31.1 Å². The summed E-state index contributed by atoms with van der Waals surface area (Å²) < 4.78 is 5.85. The largest absolute Gasteiger partial charge is 0.459 e. The Morgan fingerprint density at radius 1 is 1.24 bits per heavy atom. The predicted molar refractivity (Wildman–Crippen MR) is 101 cm³/mol. The van der Waals surface area contributed by atoms with E-state index in [1.165, 1.54) is 0 Å². The van der Waals surface area contributed by atoms with Crippen molar-refractivity contribution < 1.29 is 9.21 Å². The normalized spacial score (nSPS) is 17.7. The van der Waals surface area contributed by atoms with Crippen LogP contribution in [0, 0.1) is 6.92 Å². The molecule has 0 spiro atoms. The third-order valence-electron chi connectivity index (χ3n) is 5.34. The highest BCUT2D eigenvalue weighted by Crippen LogP contribution is 2.24. The lowest BCUT2D eigenvalue weighted by Gasteiger charge is -2.36. The molecule has 3 rings (SSSR count). The van der Waals surface area contributed by atoms with Crippen LogP contribution in [0.2, 0.25) is 0 Å². The van der Waals surface area contributed by atoms with E-state index in [2.05, 4.69) is 35.2 Å². The van der Waals surface area contributed by atoms with Crippen LogP contribution < -0.4 is 5.32 Å². The molecule has 5 heteroatoms. The molecule has 1 N–H and O–H groups in total. The van der Waals surface area contributed by atoms with Crippen molar-refractivity contribution in [2.45, 2.75) is 39.3 Å². The topological polar surface area (TPSA) is 48.7 Å². The Morgan fingerprint density at radius 2 is 1.96 bits per heavy atom. The Balaban J connectivity index is 1.45. The minimum absolute atomic E-state index is 0.0980. The number of carbonyl (C=O) groups is 1. The van der Waals surface area contributed by atoms with Gasteiger partial charge < -0.3 is 14.6 Å². The molecule has 2 aromatic rings. The van der Waals surface area contributed by atoms with Crippen molar-refractivity contribution in [1.29, 1.82) is 0 Å². The number of carbonyl (C=O) groups excluding carboxylic acids is 1. The summed E-state index contributed by atoms with van der Waals surface area (Å²) in [5.41, 5.74) is 2.00. The Labute approximate surface area is 150 Å². The molecule has 1 saturated heterocycles. The molecule has 1 aliphatic heterocycles. The number of aryl methyl sites for hydroxylation is 1. The lowest BCUT2D eigenvalue weighted by atomic mass is 10.1. The number of hydrogen-bond donors (Lipinski definition) is 1. The van der Waals surface area contributed by atoms with E-state index in [1.807, 2.05) is 25.1 Å². The molecule has 1 fully saturated rings. The summed E-state index contributed by atoms with van der Waals surface area (Å²) in [7, 11) is 2.16. The molecule has 5 nitrogen and oxygen atoms in total. The van der Waals surface area contributed by atoms with Gasteiger partial charge in [-0.05, 0) is 33.4 Å². The summed E-state index contributed by atoms with van der Waals surface area (Å²) in [6.45, 7) is 9.14. The number of furan rings is 1. The molecule has 1 unspecified atom stereocenters. The summed E-state index contributed by atoms with van der Waals surface area (Å²) in [6.07, 6.45) is 1.46. The summed E-state index contributed by atoms with van der Waals surface area (Å²) in [6, 6.07) is 8.44. The maximum Gasteiger partial charge on any atom is 0.220 e. The first-order valence-corrected chi connectivity index (χ1v) is 9.21. The van der Waals surface area contributed by atoms with Crippen molar-refractivity contribution in [2.24, 2.45) is 0 Å². The minimum Gasteiger partial charge on any atom is -0.459 e. The summed E-state index contributed by atoms with van der Waals surface area (Å²) >= 11 is 0. The summed E-state index contributed by atoms with van der Waals surface area (Å²) in [4.78, 5) is 17.0. The van der Waals surface area contributed by atoms with E-state index in [0.29, 0.717) is 19.0 Å². The van der Waals surface area contributed by atoms with Crippen LogP contribution in [0.25, 0.3) is 11.0 Å². The standard InChI is InChI=1S/C20H29N3O2/c1-15(23-12-10-22(3)11-13-23)8-9-20(24)21-14-19-16(2)17-6-4-5-7-18(17)25-19/h4-7,15H,8-14H2,1-3H3,(H,21,24). The highest BCUT2D eigenvalue weighted by atomic mass is 16.3. The first-order chi connectivity index (χ1) is 12.0. The molecule has 2 heterocycles. The minimum atomic E-state index is 0.0980. The van der Waals surface area contributed by atoms with Crippen molar-refractivity contribution in [3.05, 3.63) is 35.6 Å². The second-order valence-electron chi connectivity index (χ2n) is 7.15. The van der Waals surface area contributed by atoms with Gasteiger partial charge in [-0.1, -0.05) is 18.2 Å². The third kappa shape index (κ3) is 4.41. The van der Waals surface area contributed by atoms with Gasteiger partial charge in [0.2, 0.25) is 5.91 Å². The van der Waals surface area contributed by atoms with Gasteiger partial charge in [-0.2, -0.15) is 0 Å². The Hall–Kier alpha value is -1.85. The molecule has 0 aliphatic carbocycles. The number of likely N-dealkylation sites (N-methyl/N-ethyl adjacent to an activating group) is 1. The molecular weight excluding hydrogens is 314 g/mol. The van der Waals surface area contributed by atoms with E-state index in [-0.39, 0.29) is 5.91 Å². The number of rotatable bonds is 6. The van der Waals surface area contributed by atoms with Crippen molar-refractivity contribution in [2.75, 3.05) is 33.2 Å². The number of hydrogen-bond acceptors (Lipinski definition) is 4. The van der Waals surface area contributed by atoms with Crippen LogP contribution in [-0.4, -0.2) is 55.0 Å². The van der Waals surface area contributed by atoms with Gasteiger partial charge in [-0.3, -0.25) is 9.69 Å². The fraction of sp³-hybridized carbons (Fsp3) is 0.550. The molecule has 136 valence electrons. The number of fused-ring (bicyclic) bond motifs is 1. The van der Waals surface area contributed by atoms with Gasteiger partial charge in [0.1, 0.15) is 11.3 Å². The van der Waals surface area contributed by atoms with Crippen molar-refractivity contribution >= 4 is 16.9 Å². The maximum atomic E-state index is 12.2.